The summed E-state index contributed by atoms with van der Waals surface area (Å²) in [6.45, 7) is 1.84. The largest absolute Gasteiger partial charge is 0.325 e. The first kappa shape index (κ1) is 18.9. The van der Waals surface area contributed by atoms with Gasteiger partial charge in [-0.3, -0.25) is 14.5 Å². The Labute approximate surface area is 177 Å². The van der Waals surface area contributed by atoms with E-state index in [1.807, 2.05) is 24.3 Å². The molecule has 0 unspecified atom stereocenters. The SMILES string of the molecule is C[C@]1(c2cccc(-n3cnnn3)c2)NC(=O)N(CC(=O)N2CCc3ccccc32)C1=O. The predicted molar refractivity (Wildman–Crippen MR) is 109 cm³/mol. The highest BCUT2D eigenvalue weighted by molar-refractivity contribution is 6.10. The highest BCUT2D eigenvalue weighted by atomic mass is 16.2. The van der Waals surface area contributed by atoms with Crippen LogP contribution in [0.5, 0.6) is 0 Å². The summed E-state index contributed by atoms with van der Waals surface area (Å²) in [4.78, 5) is 41.5. The molecule has 4 amide bonds. The Morgan fingerprint density at radius 2 is 2.00 bits per heavy atom. The molecule has 1 N–H and O–H groups in total. The summed E-state index contributed by atoms with van der Waals surface area (Å²) in [5.41, 5.74) is 1.83. The van der Waals surface area contributed by atoms with Crippen molar-refractivity contribution in [3.05, 3.63) is 66.0 Å². The molecule has 1 saturated heterocycles. The Morgan fingerprint density at radius 3 is 2.81 bits per heavy atom. The molecule has 2 aliphatic heterocycles. The maximum absolute atomic E-state index is 13.3. The number of para-hydroxylation sites is 1. The lowest BCUT2D eigenvalue weighted by atomic mass is 9.91. The molecular weight excluding hydrogens is 398 g/mol. The summed E-state index contributed by atoms with van der Waals surface area (Å²) >= 11 is 0. The molecule has 156 valence electrons. The number of urea groups is 1. The van der Waals surface area contributed by atoms with Gasteiger partial charge in [0, 0.05) is 12.2 Å². The molecule has 2 aliphatic rings. The van der Waals surface area contributed by atoms with Crippen molar-refractivity contribution in [3.8, 4) is 5.69 Å². The molecule has 31 heavy (non-hydrogen) atoms. The lowest BCUT2D eigenvalue weighted by Gasteiger charge is -2.23. The molecule has 0 bridgehead atoms. The van der Waals surface area contributed by atoms with E-state index in [9.17, 15) is 14.4 Å². The number of imide groups is 1. The highest BCUT2D eigenvalue weighted by Gasteiger charge is 2.50. The third-order valence-electron chi connectivity index (χ3n) is 5.79. The summed E-state index contributed by atoms with van der Waals surface area (Å²) in [6, 6.07) is 14.1. The second-order valence-corrected chi connectivity index (χ2v) is 7.68. The molecule has 0 saturated carbocycles. The van der Waals surface area contributed by atoms with Crippen LogP contribution in [0.4, 0.5) is 10.5 Å². The van der Waals surface area contributed by atoms with E-state index in [4.69, 9.17) is 0 Å². The number of aromatic nitrogens is 4. The first-order chi connectivity index (χ1) is 15.0. The van der Waals surface area contributed by atoms with Crippen LogP contribution in [0.2, 0.25) is 0 Å². The number of carbonyl (C=O) groups excluding carboxylic acids is 3. The van der Waals surface area contributed by atoms with E-state index in [2.05, 4.69) is 20.8 Å². The summed E-state index contributed by atoms with van der Waals surface area (Å²) in [6.07, 6.45) is 2.19. The minimum absolute atomic E-state index is 0.292. The maximum atomic E-state index is 13.3. The Balaban J connectivity index is 1.39. The maximum Gasteiger partial charge on any atom is 0.325 e. The van der Waals surface area contributed by atoms with E-state index in [-0.39, 0.29) is 12.5 Å². The molecule has 1 fully saturated rings. The average molecular weight is 417 g/mol. The van der Waals surface area contributed by atoms with E-state index >= 15 is 0 Å². The van der Waals surface area contributed by atoms with Crippen LogP contribution in [0.25, 0.3) is 5.69 Å². The minimum atomic E-state index is -1.30. The van der Waals surface area contributed by atoms with Crippen molar-refractivity contribution < 1.29 is 14.4 Å². The quantitative estimate of drug-likeness (QED) is 0.634. The van der Waals surface area contributed by atoms with Crippen LogP contribution in [0, 0.1) is 0 Å². The van der Waals surface area contributed by atoms with Crippen molar-refractivity contribution in [1.29, 1.82) is 0 Å². The molecule has 10 nitrogen and oxygen atoms in total. The van der Waals surface area contributed by atoms with Gasteiger partial charge in [0.1, 0.15) is 18.4 Å². The molecule has 10 heteroatoms. The fourth-order valence-corrected chi connectivity index (χ4v) is 4.09. The molecule has 1 aromatic heterocycles. The van der Waals surface area contributed by atoms with Crippen LogP contribution in [-0.4, -0.2) is 56.0 Å². The lowest BCUT2D eigenvalue weighted by Crippen LogP contribution is -2.44. The van der Waals surface area contributed by atoms with Crippen molar-refractivity contribution in [1.82, 2.24) is 30.4 Å². The van der Waals surface area contributed by atoms with Gasteiger partial charge in [0.25, 0.3) is 5.91 Å². The Bertz CT molecular complexity index is 1190. The number of nitrogens with one attached hydrogen (secondary N) is 1. The number of hydrogen-bond donors (Lipinski definition) is 1. The van der Waals surface area contributed by atoms with Crippen molar-refractivity contribution >= 4 is 23.5 Å². The van der Waals surface area contributed by atoms with Gasteiger partial charge in [-0.25, -0.2) is 9.48 Å². The first-order valence-electron chi connectivity index (χ1n) is 9.84. The number of hydrogen-bond acceptors (Lipinski definition) is 6. The number of amides is 4. The van der Waals surface area contributed by atoms with Gasteiger partial charge < -0.3 is 10.2 Å². The summed E-state index contributed by atoms with van der Waals surface area (Å²) in [5.74, 6) is -0.771. The van der Waals surface area contributed by atoms with Crippen LogP contribution < -0.4 is 10.2 Å². The van der Waals surface area contributed by atoms with Crippen LogP contribution in [0.15, 0.2) is 54.9 Å². The lowest BCUT2D eigenvalue weighted by molar-refractivity contribution is -0.134. The first-order valence-corrected chi connectivity index (χ1v) is 9.84. The fraction of sp³-hybridized carbons (Fsp3) is 0.238. The molecule has 0 spiro atoms. The Morgan fingerprint density at radius 1 is 1.16 bits per heavy atom. The van der Waals surface area contributed by atoms with E-state index in [0.29, 0.717) is 17.8 Å². The zero-order valence-corrected chi connectivity index (χ0v) is 16.7. The normalized spacial score (nSPS) is 20.2. The number of rotatable bonds is 4. The topological polar surface area (TPSA) is 113 Å². The molecule has 0 aliphatic carbocycles. The van der Waals surface area contributed by atoms with Crippen LogP contribution in [0.3, 0.4) is 0 Å². The van der Waals surface area contributed by atoms with Crippen LogP contribution in [0.1, 0.15) is 18.1 Å². The highest BCUT2D eigenvalue weighted by Crippen LogP contribution is 2.31. The second-order valence-electron chi connectivity index (χ2n) is 7.68. The monoisotopic (exact) mass is 417 g/mol. The molecule has 3 aromatic rings. The van der Waals surface area contributed by atoms with Crippen molar-refractivity contribution in [2.45, 2.75) is 18.9 Å². The third kappa shape index (κ3) is 3.03. The van der Waals surface area contributed by atoms with Gasteiger partial charge in [0.2, 0.25) is 5.91 Å². The van der Waals surface area contributed by atoms with Gasteiger partial charge in [-0.05, 0) is 53.1 Å². The van der Waals surface area contributed by atoms with Gasteiger partial charge in [0.05, 0.1) is 5.69 Å². The van der Waals surface area contributed by atoms with Crippen LogP contribution in [-0.2, 0) is 21.5 Å². The number of nitrogens with zero attached hydrogens (tertiary/aromatic N) is 6. The molecule has 5 rings (SSSR count). The smallest absolute Gasteiger partial charge is 0.319 e. The van der Waals surface area contributed by atoms with Gasteiger partial charge in [0.15, 0.2) is 0 Å². The second kappa shape index (κ2) is 7.01. The summed E-state index contributed by atoms with van der Waals surface area (Å²) in [5, 5.41) is 13.8. The zero-order chi connectivity index (χ0) is 21.6. The molecular formula is C21H19N7O3. The summed E-state index contributed by atoms with van der Waals surface area (Å²) < 4.78 is 1.46. The molecule has 2 aromatic carbocycles. The standard InChI is InChI=1S/C21H19N7O3/c1-21(15-6-4-7-16(11-15)28-13-22-24-25-28)19(30)27(20(31)23-21)12-18(29)26-10-9-14-5-2-3-8-17(14)26/h2-8,11,13H,9-10,12H2,1H3,(H,23,31)/t21-/m1/s1. The van der Waals surface area contributed by atoms with Crippen molar-refractivity contribution in [2.75, 3.05) is 18.0 Å². The van der Waals surface area contributed by atoms with E-state index in [0.717, 1.165) is 22.6 Å². The Kier molecular flexibility index (Phi) is 4.28. The van der Waals surface area contributed by atoms with Gasteiger partial charge in [-0.1, -0.05) is 30.3 Å². The number of benzene rings is 2. The molecule has 1 atom stereocenters. The summed E-state index contributed by atoms with van der Waals surface area (Å²) in [7, 11) is 0. The van der Waals surface area contributed by atoms with Crippen molar-refractivity contribution in [3.63, 3.8) is 0 Å². The molecule has 3 heterocycles. The van der Waals surface area contributed by atoms with Crippen LogP contribution >= 0.6 is 0 Å². The predicted octanol–water partition coefficient (Wildman–Crippen LogP) is 1.02. The molecule has 0 radical (unpaired) electrons. The van der Waals surface area contributed by atoms with E-state index in [1.54, 1.807) is 36.1 Å². The number of fused-ring (bicyclic) bond motifs is 1. The van der Waals surface area contributed by atoms with Gasteiger partial charge in [-0.2, -0.15) is 0 Å². The average Bonchev–Trinajstić information content (AvgIpc) is 3.50. The number of tetrazole rings is 1. The number of anilines is 1. The minimum Gasteiger partial charge on any atom is -0.319 e. The zero-order valence-electron chi connectivity index (χ0n) is 16.7. The Hall–Kier alpha value is -4.08. The van der Waals surface area contributed by atoms with Crippen molar-refractivity contribution in [2.24, 2.45) is 0 Å². The fourth-order valence-electron chi connectivity index (χ4n) is 4.09. The van der Waals surface area contributed by atoms with E-state index in [1.165, 1.54) is 11.0 Å². The van der Waals surface area contributed by atoms with E-state index < -0.39 is 17.5 Å². The number of carbonyl (C=O) groups is 3. The van der Waals surface area contributed by atoms with Gasteiger partial charge >= 0.3 is 6.03 Å². The van der Waals surface area contributed by atoms with Gasteiger partial charge in [-0.15, -0.1) is 5.10 Å². The third-order valence-corrected chi connectivity index (χ3v) is 5.79.